The zero-order chi connectivity index (χ0) is 33.3. The average Bonchev–Trinajstić information content (AvgIpc) is 3.70. The maximum absolute atomic E-state index is 16.3. The zero-order valence-corrected chi connectivity index (χ0v) is 27.9. The molecule has 0 radical (unpaired) electrons. The third-order valence-corrected chi connectivity index (χ3v) is 11.1. The Labute approximate surface area is 276 Å². The van der Waals surface area contributed by atoms with Gasteiger partial charge in [-0.25, -0.2) is 27.2 Å². The molecule has 0 amide bonds. The highest BCUT2D eigenvalue weighted by atomic mass is 32.2. The number of hydrogen-bond donors (Lipinski definition) is 0. The number of esters is 1. The molecule has 244 valence electrons. The van der Waals surface area contributed by atoms with E-state index in [1.807, 2.05) is 47.2 Å². The molecule has 12 heteroatoms. The van der Waals surface area contributed by atoms with E-state index >= 15 is 4.39 Å². The Kier molecular flexibility index (Phi) is 9.36. The summed E-state index contributed by atoms with van der Waals surface area (Å²) in [6.45, 7) is 5.69. The quantitative estimate of drug-likeness (QED) is 0.114. The largest absolute Gasteiger partial charge is 0.466 e. The fraction of sp³-hybridized carbons (Fsp3) is 0.286. The van der Waals surface area contributed by atoms with Crippen LogP contribution in [0.2, 0.25) is 0 Å². The minimum Gasteiger partial charge on any atom is -0.466 e. The lowest BCUT2D eigenvalue weighted by Gasteiger charge is -2.26. The van der Waals surface area contributed by atoms with Crippen LogP contribution in [0.15, 0.2) is 66.2 Å². The van der Waals surface area contributed by atoms with Gasteiger partial charge in [0.15, 0.2) is 0 Å². The molecule has 4 heterocycles. The molecular weight excluding hydrogens is 643 g/mol. The standard InChI is InChI=1S/C35H34F2N4O4S2/c1-4-30-34(29-12-11-28(22(2)33(29)37)35-39-31(21-46-35)25-6-9-27(36)10-7-25)41-20-26(8-13-32(41)38-30)24-14-16-40(17-15-24)47(43,44)19-5-18-45-23(3)42/h6-14,20-21H,4-5,15-19H2,1-3H3. The summed E-state index contributed by atoms with van der Waals surface area (Å²) < 4.78 is 63.6. The second kappa shape index (κ2) is 13.5. The Bertz CT molecular complexity index is 2100. The molecule has 0 aliphatic carbocycles. The first-order valence-electron chi connectivity index (χ1n) is 15.4. The fourth-order valence-corrected chi connectivity index (χ4v) is 8.14. The summed E-state index contributed by atoms with van der Waals surface area (Å²) in [4.78, 5) is 20.5. The molecule has 0 bridgehead atoms. The first kappa shape index (κ1) is 32.7. The first-order valence-corrected chi connectivity index (χ1v) is 17.9. The number of nitrogens with zero attached hydrogens (tertiary/aromatic N) is 4. The molecule has 0 N–H and O–H groups in total. The molecule has 3 aromatic heterocycles. The number of ether oxygens (including phenoxy) is 1. The Balaban J connectivity index is 1.28. The maximum atomic E-state index is 16.3. The molecule has 2 aromatic carbocycles. The van der Waals surface area contributed by atoms with E-state index in [0.29, 0.717) is 58.1 Å². The van der Waals surface area contributed by atoms with Crippen LogP contribution in [0.4, 0.5) is 8.78 Å². The van der Waals surface area contributed by atoms with Gasteiger partial charge in [-0.15, -0.1) is 11.3 Å². The smallest absolute Gasteiger partial charge is 0.302 e. The predicted molar refractivity (Wildman–Crippen MR) is 180 cm³/mol. The van der Waals surface area contributed by atoms with Crippen LogP contribution < -0.4 is 0 Å². The van der Waals surface area contributed by atoms with Gasteiger partial charge < -0.3 is 4.74 Å². The number of pyridine rings is 1. The van der Waals surface area contributed by atoms with Crippen molar-refractivity contribution in [3.63, 3.8) is 0 Å². The van der Waals surface area contributed by atoms with Crippen molar-refractivity contribution in [3.05, 3.63) is 94.6 Å². The number of carbonyl (C=O) groups is 1. The van der Waals surface area contributed by atoms with Crippen molar-refractivity contribution < 1.29 is 26.7 Å². The number of hydrogen-bond acceptors (Lipinski definition) is 7. The summed E-state index contributed by atoms with van der Waals surface area (Å²) in [6.07, 6.45) is 5.23. The number of aromatic nitrogens is 3. The van der Waals surface area contributed by atoms with Crippen molar-refractivity contribution in [1.82, 2.24) is 18.7 Å². The van der Waals surface area contributed by atoms with Gasteiger partial charge in [-0.1, -0.05) is 19.1 Å². The molecule has 5 aromatic rings. The fourth-order valence-electron chi connectivity index (χ4n) is 5.82. The van der Waals surface area contributed by atoms with Gasteiger partial charge in [0.25, 0.3) is 0 Å². The highest BCUT2D eigenvalue weighted by Gasteiger charge is 2.25. The Hall–Kier alpha value is -4.26. The number of thiazole rings is 1. The van der Waals surface area contributed by atoms with E-state index in [4.69, 9.17) is 14.7 Å². The van der Waals surface area contributed by atoms with Crippen molar-refractivity contribution in [2.75, 3.05) is 25.4 Å². The van der Waals surface area contributed by atoms with Gasteiger partial charge in [-0.3, -0.25) is 9.20 Å². The Morgan fingerprint density at radius 1 is 1.02 bits per heavy atom. The topological polar surface area (TPSA) is 93.9 Å². The summed E-state index contributed by atoms with van der Waals surface area (Å²) in [7, 11) is -3.49. The van der Waals surface area contributed by atoms with Crippen LogP contribution in [-0.2, 0) is 26.0 Å². The molecule has 47 heavy (non-hydrogen) atoms. The van der Waals surface area contributed by atoms with Gasteiger partial charge in [0.2, 0.25) is 10.0 Å². The van der Waals surface area contributed by atoms with Gasteiger partial charge in [-0.05, 0) is 85.4 Å². The molecule has 0 unspecified atom stereocenters. The summed E-state index contributed by atoms with van der Waals surface area (Å²) in [5, 5.41) is 2.56. The number of benzene rings is 2. The molecular formula is C35H34F2N4O4S2. The van der Waals surface area contributed by atoms with E-state index in [2.05, 4.69) is 0 Å². The second-order valence-electron chi connectivity index (χ2n) is 11.4. The normalized spacial score (nSPS) is 14.0. The van der Waals surface area contributed by atoms with Crippen LogP contribution in [0.3, 0.4) is 0 Å². The van der Waals surface area contributed by atoms with E-state index in [1.54, 1.807) is 25.1 Å². The number of fused-ring (bicyclic) bond motifs is 1. The number of aryl methyl sites for hydroxylation is 1. The lowest BCUT2D eigenvalue weighted by molar-refractivity contribution is -0.140. The number of carbonyl (C=O) groups excluding carboxylic acids is 1. The molecule has 1 aliphatic rings. The van der Waals surface area contributed by atoms with Crippen LogP contribution in [0, 0.1) is 18.6 Å². The molecule has 0 saturated heterocycles. The predicted octanol–water partition coefficient (Wildman–Crippen LogP) is 7.31. The molecule has 0 atom stereocenters. The zero-order valence-electron chi connectivity index (χ0n) is 26.3. The average molecular weight is 677 g/mol. The number of imidazole rings is 1. The molecule has 1 aliphatic heterocycles. The van der Waals surface area contributed by atoms with Crippen LogP contribution >= 0.6 is 11.3 Å². The summed E-state index contributed by atoms with van der Waals surface area (Å²) in [5.41, 5.74) is 7.14. The van der Waals surface area contributed by atoms with Gasteiger partial charge >= 0.3 is 5.97 Å². The van der Waals surface area contributed by atoms with E-state index < -0.39 is 16.0 Å². The monoisotopic (exact) mass is 676 g/mol. The third kappa shape index (κ3) is 6.76. The second-order valence-corrected chi connectivity index (χ2v) is 14.3. The SMILES string of the molecule is CCc1nc2ccc(C3=CCN(S(=O)(=O)CCCOC(C)=O)CC3)cn2c1-c1ccc(-c2nc(-c3ccc(F)cc3)cs2)c(C)c1F. The Morgan fingerprint density at radius 2 is 1.77 bits per heavy atom. The number of halogens is 2. The number of rotatable bonds is 10. The minimum atomic E-state index is -3.49. The van der Waals surface area contributed by atoms with Crippen molar-refractivity contribution in [1.29, 1.82) is 0 Å². The van der Waals surface area contributed by atoms with E-state index in [9.17, 15) is 17.6 Å². The van der Waals surface area contributed by atoms with Gasteiger partial charge in [0.1, 0.15) is 22.3 Å². The van der Waals surface area contributed by atoms with E-state index in [0.717, 1.165) is 22.4 Å². The van der Waals surface area contributed by atoms with Gasteiger partial charge in [-0.2, -0.15) is 4.31 Å². The minimum absolute atomic E-state index is 0.0721. The summed E-state index contributed by atoms with van der Waals surface area (Å²) in [5.74, 6) is -1.19. The molecule has 0 fully saturated rings. The lowest BCUT2D eigenvalue weighted by Crippen LogP contribution is -2.36. The van der Waals surface area contributed by atoms with Gasteiger partial charge in [0, 0.05) is 48.3 Å². The van der Waals surface area contributed by atoms with Crippen LogP contribution in [0.5, 0.6) is 0 Å². The highest BCUT2D eigenvalue weighted by molar-refractivity contribution is 7.89. The summed E-state index contributed by atoms with van der Waals surface area (Å²) >= 11 is 1.41. The Morgan fingerprint density at radius 3 is 2.47 bits per heavy atom. The van der Waals surface area contributed by atoms with Crippen molar-refractivity contribution in [3.8, 4) is 33.1 Å². The molecule has 6 rings (SSSR count). The maximum Gasteiger partial charge on any atom is 0.302 e. The first-order chi connectivity index (χ1) is 22.6. The van der Waals surface area contributed by atoms with Crippen molar-refractivity contribution >= 4 is 38.5 Å². The molecule has 8 nitrogen and oxygen atoms in total. The highest BCUT2D eigenvalue weighted by Crippen LogP contribution is 2.37. The lowest BCUT2D eigenvalue weighted by atomic mass is 10.00. The van der Waals surface area contributed by atoms with Crippen LogP contribution in [0.1, 0.15) is 43.5 Å². The van der Waals surface area contributed by atoms with E-state index in [-0.39, 0.29) is 37.0 Å². The van der Waals surface area contributed by atoms with Crippen molar-refractivity contribution in [2.45, 2.75) is 40.0 Å². The van der Waals surface area contributed by atoms with Crippen molar-refractivity contribution in [2.24, 2.45) is 0 Å². The summed E-state index contributed by atoms with van der Waals surface area (Å²) in [6, 6.07) is 13.7. The van der Waals surface area contributed by atoms with Crippen LogP contribution in [0.25, 0.3) is 44.3 Å². The van der Waals surface area contributed by atoms with Crippen LogP contribution in [-0.4, -0.2) is 58.5 Å². The molecule has 0 saturated carbocycles. The van der Waals surface area contributed by atoms with Gasteiger partial charge in [0.05, 0.1) is 29.4 Å². The molecule has 0 spiro atoms. The number of sulfonamides is 1. The third-order valence-electron chi connectivity index (χ3n) is 8.33. The van der Waals surface area contributed by atoms with E-state index in [1.165, 1.54) is 34.7 Å².